The number of nitrogens with two attached hydrogens (primary N) is 1. The molecule has 2 nitrogen and oxygen atoms in total. The molecule has 0 saturated heterocycles. The fourth-order valence-corrected chi connectivity index (χ4v) is 2.11. The molecule has 15 heavy (non-hydrogen) atoms. The number of hydrogen-bond donors (Lipinski definition) is 2. The fourth-order valence-electron chi connectivity index (χ4n) is 2.11. The molecule has 0 aromatic carbocycles. The van der Waals surface area contributed by atoms with Gasteiger partial charge in [0.05, 0.1) is 0 Å². The second-order valence-electron chi connectivity index (χ2n) is 5.25. The molecular weight excluding hydrogens is 184 g/mol. The van der Waals surface area contributed by atoms with E-state index in [4.69, 9.17) is 5.73 Å². The smallest absolute Gasteiger partial charge is 0.00200 e. The third-order valence-electron chi connectivity index (χ3n) is 3.87. The van der Waals surface area contributed by atoms with Gasteiger partial charge < -0.3 is 11.1 Å². The fraction of sp³-hybridized carbons (Fsp3) is 1.00. The lowest BCUT2D eigenvalue weighted by Crippen LogP contribution is -2.32. The lowest BCUT2D eigenvalue weighted by atomic mass is 9.99. The second kappa shape index (κ2) is 6.49. The van der Waals surface area contributed by atoms with Crippen LogP contribution in [0.4, 0.5) is 0 Å². The highest BCUT2D eigenvalue weighted by Crippen LogP contribution is 2.43. The van der Waals surface area contributed by atoms with Gasteiger partial charge in [0, 0.05) is 6.54 Å². The van der Waals surface area contributed by atoms with E-state index in [1.807, 2.05) is 0 Å². The van der Waals surface area contributed by atoms with E-state index in [-0.39, 0.29) is 0 Å². The van der Waals surface area contributed by atoms with E-state index >= 15 is 0 Å². The molecule has 3 N–H and O–H groups in total. The molecule has 0 spiro atoms. The molecule has 0 radical (unpaired) electrons. The van der Waals surface area contributed by atoms with Crippen LogP contribution in [0, 0.1) is 11.3 Å². The molecule has 0 aromatic heterocycles. The van der Waals surface area contributed by atoms with E-state index in [1.54, 1.807) is 0 Å². The average Bonchev–Trinajstić information content (AvgIpc) is 3.04. The van der Waals surface area contributed by atoms with Crippen LogP contribution in [-0.2, 0) is 0 Å². The Kier molecular flexibility index (Phi) is 5.62. The largest absolute Gasteiger partial charge is 0.330 e. The Labute approximate surface area is 95.0 Å². The quantitative estimate of drug-likeness (QED) is 0.616. The molecule has 0 amide bonds. The van der Waals surface area contributed by atoms with Crippen LogP contribution < -0.4 is 11.1 Å². The third kappa shape index (κ3) is 4.52. The van der Waals surface area contributed by atoms with E-state index in [9.17, 15) is 0 Å². The summed E-state index contributed by atoms with van der Waals surface area (Å²) in [5, 5.41) is 3.62. The predicted molar refractivity (Wildman–Crippen MR) is 66.9 cm³/mol. The van der Waals surface area contributed by atoms with Crippen LogP contribution in [0.3, 0.4) is 0 Å². The van der Waals surface area contributed by atoms with Gasteiger partial charge in [-0.3, -0.25) is 0 Å². The normalized spacial score (nSPS) is 20.2. The number of nitrogens with one attached hydrogen (secondary N) is 1. The Morgan fingerprint density at radius 2 is 2.07 bits per heavy atom. The van der Waals surface area contributed by atoms with Crippen molar-refractivity contribution >= 4 is 0 Å². The Hall–Kier alpha value is -0.0800. The first-order valence-corrected chi connectivity index (χ1v) is 6.67. The number of unbranched alkanes of at least 4 members (excludes halogenated alkanes) is 1. The second-order valence-corrected chi connectivity index (χ2v) is 5.25. The van der Waals surface area contributed by atoms with Crippen molar-refractivity contribution in [2.24, 2.45) is 17.1 Å². The molecule has 1 aliphatic carbocycles. The minimum atomic E-state index is 0.489. The van der Waals surface area contributed by atoms with E-state index in [0.717, 1.165) is 19.0 Å². The van der Waals surface area contributed by atoms with Crippen molar-refractivity contribution in [2.45, 2.75) is 52.4 Å². The van der Waals surface area contributed by atoms with Crippen molar-refractivity contribution in [1.29, 1.82) is 0 Å². The first-order chi connectivity index (χ1) is 7.26. The highest BCUT2D eigenvalue weighted by Gasteiger charge is 2.40. The lowest BCUT2D eigenvalue weighted by Gasteiger charge is -2.18. The monoisotopic (exact) mass is 212 g/mol. The number of hydrogen-bond acceptors (Lipinski definition) is 2. The maximum atomic E-state index is 5.76. The van der Waals surface area contributed by atoms with Crippen molar-refractivity contribution < 1.29 is 0 Å². The van der Waals surface area contributed by atoms with E-state index in [2.05, 4.69) is 19.2 Å². The van der Waals surface area contributed by atoms with Gasteiger partial charge in [0.15, 0.2) is 0 Å². The van der Waals surface area contributed by atoms with Crippen LogP contribution >= 0.6 is 0 Å². The molecule has 1 rings (SSSR count). The van der Waals surface area contributed by atoms with Crippen LogP contribution in [0.1, 0.15) is 52.4 Å². The van der Waals surface area contributed by atoms with Gasteiger partial charge in [-0.2, -0.15) is 0 Å². The predicted octanol–water partition coefficient (Wildman–Crippen LogP) is 2.53. The van der Waals surface area contributed by atoms with Crippen LogP contribution in [0.5, 0.6) is 0 Å². The van der Waals surface area contributed by atoms with Gasteiger partial charge in [-0.15, -0.1) is 0 Å². The highest BCUT2D eigenvalue weighted by atomic mass is 14.9. The van der Waals surface area contributed by atoms with E-state index in [0.29, 0.717) is 5.41 Å². The summed E-state index contributed by atoms with van der Waals surface area (Å²) in [5.41, 5.74) is 6.25. The average molecular weight is 212 g/mol. The van der Waals surface area contributed by atoms with Gasteiger partial charge in [-0.05, 0) is 43.7 Å². The van der Waals surface area contributed by atoms with Gasteiger partial charge in [-0.25, -0.2) is 0 Å². The molecule has 0 bridgehead atoms. The lowest BCUT2D eigenvalue weighted by molar-refractivity contribution is 0.386. The Bertz CT molecular complexity index is 164. The topological polar surface area (TPSA) is 38.0 Å². The zero-order chi connectivity index (χ0) is 11.1. The summed E-state index contributed by atoms with van der Waals surface area (Å²) in [4.78, 5) is 0. The van der Waals surface area contributed by atoms with Gasteiger partial charge in [0.2, 0.25) is 0 Å². The van der Waals surface area contributed by atoms with Gasteiger partial charge in [0.1, 0.15) is 0 Å². The van der Waals surface area contributed by atoms with Crippen molar-refractivity contribution in [3.63, 3.8) is 0 Å². The van der Waals surface area contributed by atoms with Crippen molar-refractivity contribution in [3.05, 3.63) is 0 Å². The number of rotatable bonds is 9. The van der Waals surface area contributed by atoms with Crippen molar-refractivity contribution in [3.8, 4) is 0 Å². The minimum Gasteiger partial charge on any atom is -0.330 e. The van der Waals surface area contributed by atoms with Crippen molar-refractivity contribution in [1.82, 2.24) is 5.32 Å². The molecule has 0 aromatic rings. The molecular formula is C13H28N2. The molecule has 1 fully saturated rings. The molecule has 1 saturated carbocycles. The molecule has 1 atom stereocenters. The van der Waals surface area contributed by atoms with Crippen LogP contribution in [0.25, 0.3) is 0 Å². The summed E-state index contributed by atoms with van der Waals surface area (Å²) in [6, 6.07) is 0. The zero-order valence-electron chi connectivity index (χ0n) is 10.5. The molecule has 0 aliphatic heterocycles. The summed E-state index contributed by atoms with van der Waals surface area (Å²) >= 11 is 0. The van der Waals surface area contributed by atoms with Crippen LogP contribution in [0.15, 0.2) is 0 Å². The third-order valence-corrected chi connectivity index (χ3v) is 3.87. The molecule has 0 heterocycles. The van der Waals surface area contributed by atoms with Crippen molar-refractivity contribution in [2.75, 3.05) is 19.6 Å². The first kappa shape index (κ1) is 13.0. The maximum Gasteiger partial charge on any atom is 0.00200 e. The van der Waals surface area contributed by atoms with Crippen LogP contribution in [0.2, 0.25) is 0 Å². The SMILES string of the molecule is CCCCC(CC)CNCC1(CN)CC1. The maximum absolute atomic E-state index is 5.76. The summed E-state index contributed by atoms with van der Waals surface area (Å²) in [6.45, 7) is 7.78. The standard InChI is InChI=1S/C13H28N2/c1-3-5-6-12(4-2)9-15-11-13(10-14)7-8-13/h12,15H,3-11,14H2,1-2H3. The van der Waals surface area contributed by atoms with E-state index in [1.165, 1.54) is 45.1 Å². The molecule has 90 valence electrons. The van der Waals surface area contributed by atoms with Gasteiger partial charge in [-0.1, -0.05) is 33.1 Å². The van der Waals surface area contributed by atoms with E-state index < -0.39 is 0 Å². The first-order valence-electron chi connectivity index (χ1n) is 6.67. The molecule has 2 heteroatoms. The zero-order valence-corrected chi connectivity index (χ0v) is 10.5. The molecule has 1 aliphatic rings. The Morgan fingerprint density at radius 3 is 2.53 bits per heavy atom. The summed E-state index contributed by atoms with van der Waals surface area (Å²) in [6.07, 6.45) is 8.06. The van der Waals surface area contributed by atoms with Gasteiger partial charge >= 0.3 is 0 Å². The summed E-state index contributed by atoms with van der Waals surface area (Å²) in [7, 11) is 0. The summed E-state index contributed by atoms with van der Waals surface area (Å²) in [5.74, 6) is 0.874. The Morgan fingerprint density at radius 1 is 1.33 bits per heavy atom. The Balaban J connectivity index is 2.06. The highest BCUT2D eigenvalue weighted by molar-refractivity contribution is 4.95. The summed E-state index contributed by atoms with van der Waals surface area (Å²) < 4.78 is 0. The molecule has 1 unspecified atom stereocenters. The minimum absolute atomic E-state index is 0.489. The van der Waals surface area contributed by atoms with Gasteiger partial charge in [0.25, 0.3) is 0 Å². The van der Waals surface area contributed by atoms with Crippen LogP contribution in [-0.4, -0.2) is 19.6 Å².